The van der Waals surface area contributed by atoms with E-state index in [1.807, 2.05) is 38.1 Å². The molecule has 1 saturated carbocycles. The van der Waals surface area contributed by atoms with Gasteiger partial charge in [-0.2, -0.15) is 0 Å². The molecular weight excluding hydrogens is 328 g/mol. The lowest BCUT2D eigenvalue weighted by Crippen LogP contribution is -2.36. The normalized spacial score (nSPS) is 14.9. The zero-order valence-electron chi connectivity index (χ0n) is 15.4. The zero-order chi connectivity index (χ0) is 18.4. The smallest absolute Gasteiger partial charge is 0.270 e. The van der Waals surface area contributed by atoms with E-state index in [0.717, 1.165) is 24.3 Å². The monoisotopic (exact) mass is 354 g/mol. The van der Waals surface area contributed by atoms with Crippen LogP contribution in [-0.2, 0) is 0 Å². The van der Waals surface area contributed by atoms with E-state index in [4.69, 9.17) is 4.74 Å². The second-order valence-corrected chi connectivity index (χ2v) is 6.89. The Labute approximate surface area is 154 Å². The van der Waals surface area contributed by atoms with Crippen molar-refractivity contribution in [2.45, 2.75) is 58.1 Å². The molecule has 6 nitrogen and oxygen atoms in total. The van der Waals surface area contributed by atoms with Crippen LogP contribution >= 0.6 is 0 Å². The molecule has 3 rings (SSSR count). The summed E-state index contributed by atoms with van der Waals surface area (Å²) in [6.45, 7) is 3.98. The lowest BCUT2D eigenvalue weighted by molar-refractivity contribution is 0.0922. The van der Waals surface area contributed by atoms with Crippen molar-refractivity contribution in [3.8, 4) is 5.75 Å². The van der Waals surface area contributed by atoms with E-state index < -0.39 is 0 Å². The Kier molecular flexibility index (Phi) is 6.04. The van der Waals surface area contributed by atoms with Crippen LogP contribution in [0.25, 0.3) is 0 Å². The van der Waals surface area contributed by atoms with Crippen molar-refractivity contribution in [1.82, 2.24) is 15.3 Å². The van der Waals surface area contributed by atoms with Crippen LogP contribution < -0.4 is 15.4 Å². The van der Waals surface area contributed by atoms with Gasteiger partial charge in [-0.1, -0.05) is 19.3 Å². The number of amides is 1. The molecule has 0 atom stereocenters. The first-order valence-corrected chi connectivity index (χ1v) is 9.28. The number of ether oxygens (including phenoxy) is 1. The van der Waals surface area contributed by atoms with Crippen LogP contribution in [-0.4, -0.2) is 28.0 Å². The van der Waals surface area contributed by atoms with E-state index in [-0.39, 0.29) is 18.1 Å². The lowest BCUT2D eigenvalue weighted by atomic mass is 9.95. The van der Waals surface area contributed by atoms with Crippen LogP contribution in [0.3, 0.4) is 0 Å². The standard InChI is InChI=1S/C20H26N4O2/c1-14(2)26-17-10-8-16(9-11-17)23-20-21-13-12-18(24-20)19(25)22-15-6-4-3-5-7-15/h8-15H,3-7H2,1-2H3,(H,22,25)(H,21,23,24). The van der Waals surface area contributed by atoms with Crippen molar-refractivity contribution in [2.24, 2.45) is 0 Å². The molecule has 1 amide bonds. The van der Waals surface area contributed by atoms with Crippen LogP contribution in [0.5, 0.6) is 5.75 Å². The third-order valence-corrected chi connectivity index (χ3v) is 4.31. The quantitative estimate of drug-likeness (QED) is 0.818. The number of carbonyl (C=O) groups is 1. The molecule has 0 saturated heterocycles. The van der Waals surface area contributed by atoms with Crippen molar-refractivity contribution in [3.63, 3.8) is 0 Å². The van der Waals surface area contributed by atoms with Crippen molar-refractivity contribution in [3.05, 3.63) is 42.2 Å². The molecular formula is C20H26N4O2. The summed E-state index contributed by atoms with van der Waals surface area (Å²) in [6.07, 6.45) is 7.45. The molecule has 1 heterocycles. The molecule has 1 aromatic carbocycles. The van der Waals surface area contributed by atoms with Crippen LogP contribution in [0.2, 0.25) is 0 Å². The Morgan fingerprint density at radius 1 is 1.12 bits per heavy atom. The minimum atomic E-state index is -0.136. The molecule has 0 aliphatic heterocycles. The third-order valence-electron chi connectivity index (χ3n) is 4.31. The number of nitrogens with zero attached hydrogens (tertiary/aromatic N) is 2. The first-order chi connectivity index (χ1) is 12.6. The molecule has 2 N–H and O–H groups in total. The van der Waals surface area contributed by atoms with Gasteiger partial charge < -0.3 is 15.4 Å². The van der Waals surface area contributed by atoms with E-state index in [1.54, 1.807) is 12.3 Å². The molecule has 2 aromatic rings. The van der Waals surface area contributed by atoms with Gasteiger partial charge in [-0.05, 0) is 57.0 Å². The number of hydrogen-bond acceptors (Lipinski definition) is 5. The van der Waals surface area contributed by atoms with E-state index in [2.05, 4.69) is 20.6 Å². The van der Waals surface area contributed by atoms with Gasteiger partial charge in [0.1, 0.15) is 11.4 Å². The molecule has 26 heavy (non-hydrogen) atoms. The zero-order valence-corrected chi connectivity index (χ0v) is 15.4. The maximum atomic E-state index is 12.4. The second-order valence-electron chi connectivity index (χ2n) is 6.89. The fourth-order valence-electron chi connectivity index (χ4n) is 3.07. The van der Waals surface area contributed by atoms with Crippen molar-refractivity contribution < 1.29 is 9.53 Å². The molecule has 0 radical (unpaired) electrons. The summed E-state index contributed by atoms with van der Waals surface area (Å²) in [5.41, 5.74) is 1.22. The number of benzene rings is 1. The summed E-state index contributed by atoms with van der Waals surface area (Å²) in [6, 6.07) is 9.48. The van der Waals surface area contributed by atoms with Crippen LogP contribution in [0.1, 0.15) is 56.4 Å². The highest BCUT2D eigenvalue weighted by atomic mass is 16.5. The average molecular weight is 354 g/mol. The molecule has 0 bridgehead atoms. The van der Waals surface area contributed by atoms with Gasteiger partial charge in [0.05, 0.1) is 6.10 Å². The van der Waals surface area contributed by atoms with Crippen molar-refractivity contribution >= 4 is 17.5 Å². The maximum Gasteiger partial charge on any atom is 0.270 e. The first kappa shape index (κ1) is 18.2. The Morgan fingerprint density at radius 3 is 2.54 bits per heavy atom. The van der Waals surface area contributed by atoms with Gasteiger partial charge in [0, 0.05) is 17.9 Å². The summed E-state index contributed by atoms with van der Waals surface area (Å²) in [5, 5.41) is 6.20. The molecule has 6 heteroatoms. The predicted molar refractivity (Wildman–Crippen MR) is 102 cm³/mol. The Bertz CT molecular complexity index is 725. The second kappa shape index (κ2) is 8.65. The first-order valence-electron chi connectivity index (χ1n) is 9.28. The SMILES string of the molecule is CC(C)Oc1ccc(Nc2nccc(C(=O)NC3CCCCC3)n2)cc1. The maximum absolute atomic E-state index is 12.4. The molecule has 138 valence electrons. The minimum Gasteiger partial charge on any atom is -0.491 e. The number of carbonyl (C=O) groups excluding carboxylic acids is 1. The van der Waals surface area contributed by atoms with Crippen molar-refractivity contribution in [1.29, 1.82) is 0 Å². The summed E-state index contributed by atoms with van der Waals surface area (Å²) in [7, 11) is 0. The van der Waals surface area contributed by atoms with E-state index in [9.17, 15) is 4.79 Å². The van der Waals surface area contributed by atoms with Crippen LogP contribution in [0.4, 0.5) is 11.6 Å². The summed E-state index contributed by atoms with van der Waals surface area (Å²) < 4.78 is 5.63. The van der Waals surface area contributed by atoms with Gasteiger partial charge >= 0.3 is 0 Å². The lowest BCUT2D eigenvalue weighted by Gasteiger charge is -2.22. The number of hydrogen-bond donors (Lipinski definition) is 2. The van der Waals surface area contributed by atoms with Gasteiger partial charge in [0.2, 0.25) is 5.95 Å². The van der Waals surface area contributed by atoms with Crippen LogP contribution in [0.15, 0.2) is 36.5 Å². The van der Waals surface area contributed by atoms with Gasteiger partial charge in [0.15, 0.2) is 0 Å². The number of nitrogens with one attached hydrogen (secondary N) is 2. The fraction of sp³-hybridized carbons (Fsp3) is 0.450. The van der Waals surface area contributed by atoms with Gasteiger partial charge in [-0.25, -0.2) is 9.97 Å². The van der Waals surface area contributed by atoms with Gasteiger partial charge in [-0.3, -0.25) is 4.79 Å². The molecule has 1 aromatic heterocycles. The summed E-state index contributed by atoms with van der Waals surface area (Å²) >= 11 is 0. The molecule has 1 aliphatic carbocycles. The van der Waals surface area contributed by atoms with E-state index >= 15 is 0 Å². The number of rotatable bonds is 6. The van der Waals surface area contributed by atoms with E-state index in [0.29, 0.717) is 11.6 Å². The number of anilines is 2. The molecule has 1 aliphatic rings. The van der Waals surface area contributed by atoms with E-state index in [1.165, 1.54) is 19.3 Å². The summed E-state index contributed by atoms with van der Waals surface area (Å²) in [4.78, 5) is 21.0. The Balaban J connectivity index is 1.62. The fourth-order valence-corrected chi connectivity index (χ4v) is 3.07. The third kappa shape index (κ3) is 5.18. The summed E-state index contributed by atoms with van der Waals surface area (Å²) in [5.74, 6) is 1.08. The largest absolute Gasteiger partial charge is 0.491 e. The Morgan fingerprint density at radius 2 is 1.85 bits per heavy atom. The predicted octanol–water partition coefficient (Wildman–Crippen LogP) is 4.07. The highest BCUT2D eigenvalue weighted by molar-refractivity contribution is 5.92. The highest BCUT2D eigenvalue weighted by Gasteiger charge is 2.17. The topological polar surface area (TPSA) is 76.1 Å². The molecule has 0 spiro atoms. The number of aromatic nitrogens is 2. The average Bonchev–Trinajstić information content (AvgIpc) is 2.64. The molecule has 1 fully saturated rings. The van der Waals surface area contributed by atoms with Gasteiger partial charge in [-0.15, -0.1) is 0 Å². The molecule has 0 unspecified atom stereocenters. The van der Waals surface area contributed by atoms with Gasteiger partial charge in [0.25, 0.3) is 5.91 Å². The Hall–Kier alpha value is -2.63. The van der Waals surface area contributed by atoms with Crippen LogP contribution in [0, 0.1) is 0 Å². The highest BCUT2D eigenvalue weighted by Crippen LogP contribution is 2.20. The van der Waals surface area contributed by atoms with Crippen molar-refractivity contribution in [2.75, 3.05) is 5.32 Å². The minimum absolute atomic E-state index is 0.136.